The van der Waals surface area contributed by atoms with Gasteiger partial charge in [-0.2, -0.15) is 0 Å². The molecule has 1 aliphatic rings. The number of hydrogen-bond donors (Lipinski definition) is 2. The lowest BCUT2D eigenvalue weighted by Crippen LogP contribution is -2.22. The summed E-state index contributed by atoms with van der Waals surface area (Å²) in [5.74, 6) is -0.315. The number of benzene rings is 1. The normalized spacial score (nSPS) is 13.6. The van der Waals surface area contributed by atoms with Gasteiger partial charge in [-0.1, -0.05) is 11.3 Å². The zero-order valence-corrected chi connectivity index (χ0v) is 15.3. The van der Waals surface area contributed by atoms with Crippen LogP contribution in [0.5, 0.6) is 0 Å². The Balaban J connectivity index is 1.72. The van der Waals surface area contributed by atoms with Crippen molar-refractivity contribution in [1.82, 2.24) is 10.3 Å². The van der Waals surface area contributed by atoms with E-state index in [2.05, 4.69) is 34.4 Å². The van der Waals surface area contributed by atoms with Crippen LogP contribution in [0, 0.1) is 0 Å². The molecular weight excluding hydrogens is 336 g/mol. The fraction of sp³-hybridized carbons (Fsp3) is 0.389. The molecule has 0 aliphatic carbocycles. The van der Waals surface area contributed by atoms with Crippen LogP contribution >= 0.6 is 11.3 Å². The number of carbonyl (C=O) groups excluding carboxylic acids is 2. The molecule has 7 heteroatoms. The molecule has 0 bridgehead atoms. The Morgan fingerprint density at radius 1 is 1.28 bits per heavy atom. The van der Waals surface area contributed by atoms with Crippen molar-refractivity contribution in [3.8, 4) is 0 Å². The molecule has 0 spiro atoms. The fourth-order valence-corrected chi connectivity index (χ4v) is 3.80. The van der Waals surface area contributed by atoms with Crippen molar-refractivity contribution >= 4 is 34.0 Å². The summed E-state index contributed by atoms with van der Waals surface area (Å²) in [7, 11) is 0. The van der Waals surface area contributed by atoms with Crippen LogP contribution in [-0.2, 0) is 6.42 Å². The molecule has 2 amide bonds. The van der Waals surface area contributed by atoms with E-state index >= 15 is 0 Å². The van der Waals surface area contributed by atoms with E-state index in [0.717, 1.165) is 37.3 Å². The van der Waals surface area contributed by atoms with Crippen molar-refractivity contribution in [2.24, 2.45) is 0 Å². The molecule has 0 radical (unpaired) electrons. The Hall–Kier alpha value is -2.41. The number of aromatic nitrogens is 1. The van der Waals surface area contributed by atoms with Crippen molar-refractivity contribution in [3.63, 3.8) is 0 Å². The van der Waals surface area contributed by atoms with Crippen LogP contribution < -0.4 is 15.5 Å². The van der Waals surface area contributed by atoms with Gasteiger partial charge in [0, 0.05) is 30.9 Å². The molecule has 2 aromatic rings. The molecule has 132 valence electrons. The summed E-state index contributed by atoms with van der Waals surface area (Å²) >= 11 is 1.23. The predicted molar refractivity (Wildman–Crippen MR) is 101 cm³/mol. The molecular formula is C18H22N4O2S. The Morgan fingerprint density at radius 2 is 2.00 bits per heavy atom. The fourth-order valence-electron chi connectivity index (χ4n) is 2.87. The van der Waals surface area contributed by atoms with Crippen molar-refractivity contribution in [3.05, 3.63) is 40.4 Å². The minimum absolute atomic E-state index is 0.103. The highest BCUT2D eigenvalue weighted by Gasteiger charge is 2.21. The first-order chi connectivity index (χ1) is 12.1. The summed E-state index contributed by atoms with van der Waals surface area (Å²) < 4.78 is 0. The number of thiazole rings is 1. The second-order valence-electron chi connectivity index (χ2n) is 5.83. The first-order valence-corrected chi connectivity index (χ1v) is 9.38. The van der Waals surface area contributed by atoms with Crippen LogP contribution in [0.25, 0.3) is 0 Å². The molecule has 0 saturated carbocycles. The lowest BCUT2D eigenvalue weighted by Gasteiger charge is -2.20. The second-order valence-corrected chi connectivity index (χ2v) is 6.83. The van der Waals surface area contributed by atoms with Gasteiger partial charge in [-0.3, -0.25) is 14.9 Å². The number of fused-ring (bicyclic) bond motifs is 1. The van der Waals surface area contributed by atoms with Gasteiger partial charge in [0.05, 0.1) is 5.69 Å². The Bertz CT molecular complexity index is 766. The second kappa shape index (κ2) is 7.65. The third-order valence-electron chi connectivity index (χ3n) is 4.26. The van der Waals surface area contributed by atoms with Gasteiger partial charge in [-0.25, -0.2) is 4.98 Å². The molecule has 25 heavy (non-hydrogen) atoms. The number of anilines is 2. The highest BCUT2D eigenvalue weighted by Crippen LogP contribution is 2.26. The zero-order chi connectivity index (χ0) is 17.8. The number of nitrogens with one attached hydrogen (secondary N) is 2. The van der Waals surface area contributed by atoms with Crippen LogP contribution in [0.1, 0.15) is 46.0 Å². The van der Waals surface area contributed by atoms with Crippen LogP contribution in [0.4, 0.5) is 10.8 Å². The number of nitrogens with zero attached hydrogens (tertiary/aromatic N) is 2. The number of hydrogen-bond acceptors (Lipinski definition) is 5. The summed E-state index contributed by atoms with van der Waals surface area (Å²) in [6, 6.07) is 7.53. The minimum atomic E-state index is -0.213. The third kappa shape index (κ3) is 3.82. The molecule has 2 N–H and O–H groups in total. The highest BCUT2D eigenvalue weighted by molar-refractivity contribution is 7.17. The van der Waals surface area contributed by atoms with E-state index in [4.69, 9.17) is 0 Å². The van der Waals surface area contributed by atoms with E-state index in [1.54, 1.807) is 0 Å². The summed E-state index contributed by atoms with van der Waals surface area (Å²) in [4.78, 5) is 31.7. The van der Waals surface area contributed by atoms with Crippen LogP contribution in [0.2, 0.25) is 0 Å². The van der Waals surface area contributed by atoms with E-state index in [0.29, 0.717) is 22.1 Å². The Morgan fingerprint density at radius 3 is 2.68 bits per heavy atom. The van der Waals surface area contributed by atoms with E-state index in [-0.39, 0.29) is 11.8 Å². The van der Waals surface area contributed by atoms with Crippen molar-refractivity contribution in [2.75, 3.05) is 29.9 Å². The Labute approximate surface area is 151 Å². The predicted octanol–water partition coefficient (Wildman–Crippen LogP) is 2.92. The minimum Gasteiger partial charge on any atom is -0.372 e. The first-order valence-electron chi connectivity index (χ1n) is 8.56. The summed E-state index contributed by atoms with van der Waals surface area (Å²) in [5.41, 5.74) is 2.44. The van der Waals surface area contributed by atoms with Gasteiger partial charge in [0.2, 0.25) is 0 Å². The average Bonchev–Trinajstić information content (AvgIpc) is 2.95. The zero-order valence-electron chi connectivity index (χ0n) is 14.5. The summed E-state index contributed by atoms with van der Waals surface area (Å²) in [6.45, 7) is 6.73. The topological polar surface area (TPSA) is 74.3 Å². The van der Waals surface area contributed by atoms with Gasteiger partial charge in [-0.15, -0.1) is 0 Å². The van der Waals surface area contributed by atoms with E-state index in [1.165, 1.54) is 11.3 Å². The van der Waals surface area contributed by atoms with Crippen molar-refractivity contribution < 1.29 is 9.59 Å². The van der Waals surface area contributed by atoms with Gasteiger partial charge in [0.25, 0.3) is 11.8 Å². The first kappa shape index (κ1) is 17.4. The van der Waals surface area contributed by atoms with E-state index in [9.17, 15) is 9.59 Å². The van der Waals surface area contributed by atoms with Crippen molar-refractivity contribution in [2.45, 2.75) is 26.7 Å². The average molecular weight is 358 g/mol. The van der Waals surface area contributed by atoms with Gasteiger partial charge in [-0.05, 0) is 51.0 Å². The number of carbonyl (C=O) groups is 2. The smallest absolute Gasteiger partial charge is 0.263 e. The van der Waals surface area contributed by atoms with E-state index in [1.807, 2.05) is 24.3 Å². The number of amides is 2. The van der Waals surface area contributed by atoms with Crippen LogP contribution in [0.15, 0.2) is 24.3 Å². The standard InChI is InChI=1S/C18H22N4O2S/c1-3-22(4-2)13-9-7-12(8-10-13)16(23)21-18-20-14-6-5-11-19-17(24)15(14)25-18/h7-10H,3-6,11H2,1-2H3,(H,19,24)(H,20,21,23). The monoisotopic (exact) mass is 358 g/mol. The highest BCUT2D eigenvalue weighted by atomic mass is 32.1. The maximum absolute atomic E-state index is 12.4. The lowest BCUT2D eigenvalue weighted by atomic mass is 10.2. The van der Waals surface area contributed by atoms with Crippen molar-refractivity contribution in [1.29, 1.82) is 0 Å². The molecule has 3 rings (SSSR count). The number of rotatable bonds is 5. The summed E-state index contributed by atoms with van der Waals surface area (Å²) in [5, 5.41) is 6.12. The molecule has 1 aromatic heterocycles. The van der Waals surface area contributed by atoms with E-state index < -0.39 is 0 Å². The molecule has 6 nitrogen and oxygen atoms in total. The van der Waals surface area contributed by atoms with Crippen LogP contribution in [-0.4, -0.2) is 36.4 Å². The van der Waals surface area contributed by atoms with Gasteiger partial charge in [0.1, 0.15) is 4.88 Å². The Kier molecular flexibility index (Phi) is 5.33. The van der Waals surface area contributed by atoms with Gasteiger partial charge in [0.15, 0.2) is 5.13 Å². The maximum atomic E-state index is 12.4. The summed E-state index contributed by atoms with van der Waals surface area (Å²) in [6.07, 6.45) is 1.61. The number of aryl methyl sites for hydroxylation is 1. The largest absolute Gasteiger partial charge is 0.372 e. The molecule has 1 aliphatic heterocycles. The molecule has 0 unspecified atom stereocenters. The molecule has 1 aromatic carbocycles. The molecule has 0 atom stereocenters. The molecule has 2 heterocycles. The van der Waals surface area contributed by atoms with Crippen LogP contribution in [0.3, 0.4) is 0 Å². The molecule has 0 fully saturated rings. The van der Waals surface area contributed by atoms with Gasteiger partial charge < -0.3 is 10.2 Å². The lowest BCUT2D eigenvalue weighted by molar-refractivity contribution is 0.0958. The SMILES string of the molecule is CCN(CC)c1ccc(C(=O)Nc2nc3c(s2)C(=O)NCCC3)cc1. The maximum Gasteiger partial charge on any atom is 0.263 e. The quantitative estimate of drug-likeness (QED) is 0.862. The van der Waals surface area contributed by atoms with Gasteiger partial charge >= 0.3 is 0 Å². The third-order valence-corrected chi connectivity index (χ3v) is 5.27. The molecule has 0 saturated heterocycles.